The summed E-state index contributed by atoms with van der Waals surface area (Å²) in [5.41, 5.74) is 0. The summed E-state index contributed by atoms with van der Waals surface area (Å²) in [6.07, 6.45) is -2.03. The van der Waals surface area contributed by atoms with Crippen LogP contribution in [0.15, 0.2) is 12.1 Å². The van der Waals surface area contributed by atoms with Crippen LogP contribution >= 0.6 is 11.3 Å². The van der Waals surface area contributed by atoms with Crippen molar-refractivity contribution in [1.82, 2.24) is 0 Å². The molecule has 0 aliphatic rings. The second kappa shape index (κ2) is 5.95. The van der Waals surface area contributed by atoms with Crippen molar-refractivity contribution in [2.24, 2.45) is 0 Å². The SMILES string of the molecule is COC(=O)c1ccc(C(O)C(O)CCO)s1. The number of ether oxygens (including phenoxy) is 1. The summed E-state index contributed by atoms with van der Waals surface area (Å²) in [6, 6.07) is 3.09. The number of aliphatic hydroxyl groups is 3. The number of methoxy groups -OCH3 is 1. The van der Waals surface area contributed by atoms with E-state index in [0.717, 1.165) is 11.3 Å². The van der Waals surface area contributed by atoms with Crippen LogP contribution < -0.4 is 0 Å². The van der Waals surface area contributed by atoms with Gasteiger partial charge >= 0.3 is 5.97 Å². The maximum Gasteiger partial charge on any atom is 0.348 e. The van der Waals surface area contributed by atoms with E-state index in [-0.39, 0.29) is 13.0 Å². The molecule has 16 heavy (non-hydrogen) atoms. The minimum absolute atomic E-state index is 0.0899. The lowest BCUT2D eigenvalue weighted by atomic mass is 10.1. The molecule has 1 heterocycles. The van der Waals surface area contributed by atoms with Gasteiger partial charge in [-0.25, -0.2) is 4.79 Å². The monoisotopic (exact) mass is 246 g/mol. The first-order valence-corrected chi connectivity index (χ1v) is 5.56. The van der Waals surface area contributed by atoms with Crippen LogP contribution in [0.4, 0.5) is 0 Å². The van der Waals surface area contributed by atoms with Crippen LogP contribution in [-0.2, 0) is 4.74 Å². The second-order valence-corrected chi connectivity index (χ2v) is 4.33. The number of hydrogen-bond acceptors (Lipinski definition) is 6. The highest BCUT2D eigenvalue weighted by Crippen LogP contribution is 2.27. The molecule has 2 atom stereocenters. The Labute approximate surface area is 96.9 Å². The quantitative estimate of drug-likeness (QED) is 0.651. The van der Waals surface area contributed by atoms with Crippen LogP contribution in [0.2, 0.25) is 0 Å². The average Bonchev–Trinajstić information content (AvgIpc) is 2.76. The Bertz CT molecular complexity index is 349. The molecule has 0 bridgehead atoms. The van der Waals surface area contributed by atoms with Gasteiger partial charge in [0.1, 0.15) is 11.0 Å². The van der Waals surface area contributed by atoms with E-state index in [1.807, 2.05) is 0 Å². The van der Waals surface area contributed by atoms with Crippen LogP contribution in [0.1, 0.15) is 27.1 Å². The third-order valence-corrected chi connectivity index (χ3v) is 3.23. The molecule has 0 spiro atoms. The molecule has 0 saturated carbocycles. The molecule has 2 unspecified atom stereocenters. The molecule has 0 radical (unpaired) electrons. The van der Waals surface area contributed by atoms with Gasteiger partial charge in [0.2, 0.25) is 0 Å². The number of esters is 1. The number of aliphatic hydroxyl groups excluding tert-OH is 3. The van der Waals surface area contributed by atoms with Gasteiger partial charge < -0.3 is 20.1 Å². The van der Waals surface area contributed by atoms with Crippen LogP contribution in [0.3, 0.4) is 0 Å². The van der Waals surface area contributed by atoms with Gasteiger partial charge in [0.05, 0.1) is 13.2 Å². The van der Waals surface area contributed by atoms with E-state index in [4.69, 9.17) is 5.11 Å². The molecule has 0 aromatic carbocycles. The van der Waals surface area contributed by atoms with Gasteiger partial charge in [-0.1, -0.05) is 0 Å². The average molecular weight is 246 g/mol. The maximum atomic E-state index is 11.1. The molecule has 1 aromatic heterocycles. The van der Waals surface area contributed by atoms with Crippen LogP contribution in [0.5, 0.6) is 0 Å². The second-order valence-electron chi connectivity index (χ2n) is 3.22. The summed E-state index contributed by atoms with van der Waals surface area (Å²) in [5.74, 6) is -0.472. The molecule has 0 fully saturated rings. The molecule has 1 aromatic rings. The maximum absolute atomic E-state index is 11.1. The summed E-state index contributed by atoms with van der Waals surface area (Å²) in [5, 5.41) is 27.8. The fourth-order valence-corrected chi connectivity index (χ4v) is 2.17. The van der Waals surface area contributed by atoms with Crippen molar-refractivity contribution in [3.63, 3.8) is 0 Å². The van der Waals surface area contributed by atoms with E-state index in [1.54, 1.807) is 6.07 Å². The van der Waals surface area contributed by atoms with Crippen LogP contribution in [0, 0.1) is 0 Å². The van der Waals surface area contributed by atoms with Crippen molar-refractivity contribution in [3.05, 3.63) is 21.9 Å². The van der Waals surface area contributed by atoms with E-state index in [0.29, 0.717) is 9.75 Å². The largest absolute Gasteiger partial charge is 0.465 e. The van der Waals surface area contributed by atoms with Crippen LogP contribution in [0.25, 0.3) is 0 Å². The minimum Gasteiger partial charge on any atom is -0.465 e. The molecular formula is C10H14O5S. The summed E-state index contributed by atoms with van der Waals surface area (Å²) < 4.78 is 4.52. The van der Waals surface area contributed by atoms with Gasteiger partial charge in [-0.05, 0) is 18.6 Å². The minimum atomic E-state index is -1.09. The normalized spacial score (nSPS) is 14.5. The first kappa shape index (κ1) is 13.1. The van der Waals surface area contributed by atoms with E-state index in [2.05, 4.69) is 4.74 Å². The lowest BCUT2D eigenvalue weighted by molar-refractivity contribution is 0.00617. The zero-order chi connectivity index (χ0) is 12.1. The number of carbonyl (C=O) groups is 1. The molecule has 5 nitrogen and oxygen atoms in total. The highest BCUT2D eigenvalue weighted by molar-refractivity contribution is 7.14. The molecule has 90 valence electrons. The van der Waals surface area contributed by atoms with Crippen molar-refractivity contribution in [2.75, 3.05) is 13.7 Å². The predicted octanol–water partition coefficient (Wildman–Crippen LogP) is 0.311. The third kappa shape index (κ3) is 3.02. The highest BCUT2D eigenvalue weighted by Gasteiger charge is 2.21. The Morgan fingerprint density at radius 2 is 2.19 bits per heavy atom. The zero-order valence-corrected chi connectivity index (χ0v) is 9.61. The van der Waals surface area contributed by atoms with E-state index in [1.165, 1.54) is 13.2 Å². The van der Waals surface area contributed by atoms with Gasteiger partial charge in [0, 0.05) is 11.5 Å². The van der Waals surface area contributed by atoms with Gasteiger partial charge in [-0.2, -0.15) is 0 Å². The van der Waals surface area contributed by atoms with E-state index in [9.17, 15) is 15.0 Å². The molecule has 1 rings (SSSR count). The van der Waals surface area contributed by atoms with Gasteiger partial charge in [0.15, 0.2) is 0 Å². The number of thiophene rings is 1. The Morgan fingerprint density at radius 1 is 1.50 bits per heavy atom. The summed E-state index contributed by atoms with van der Waals surface area (Å²) >= 11 is 1.06. The number of hydrogen-bond donors (Lipinski definition) is 3. The molecule has 0 amide bonds. The van der Waals surface area contributed by atoms with Crippen molar-refractivity contribution >= 4 is 17.3 Å². The molecule has 6 heteroatoms. The van der Waals surface area contributed by atoms with Crippen molar-refractivity contribution < 1.29 is 24.9 Å². The van der Waals surface area contributed by atoms with Gasteiger partial charge in [-0.15, -0.1) is 11.3 Å². The molecule has 0 aliphatic heterocycles. The first-order chi connectivity index (χ1) is 7.60. The highest BCUT2D eigenvalue weighted by atomic mass is 32.1. The number of rotatable bonds is 5. The lowest BCUT2D eigenvalue weighted by Gasteiger charge is -2.14. The van der Waals surface area contributed by atoms with Gasteiger partial charge in [-0.3, -0.25) is 0 Å². The Hall–Kier alpha value is -0.950. The Balaban J connectivity index is 2.73. The van der Waals surface area contributed by atoms with Crippen molar-refractivity contribution in [3.8, 4) is 0 Å². The zero-order valence-electron chi connectivity index (χ0n) is 8.79. The summed E-state index contributed by atoms with van der Waals surface area (Å²) in [6.45, 7) is -0.201. The Morgan fingerprint density at radius 3 is 2.75 bits per heavy atom. The standard InChI is InChI=1S/C10H14O5S/c1-15-10(14)8-3-2-7(16-8)9(13)6(12)4-5-11/h2-3,6,9,11-13H,4-5H2,1H3. The van der Waals surface area contributed by atoms with Gasteiger partial charge in [0.25, 0.3) is 0 Å². The van der Waals surface area contributed by atoms with Crippen molar-refractivity contribution in [1.29, 1.82) is 0 Å². The van der Waals surface area contributed by atoms with Crippen LogP contribution in [-0.4, -0.2) is 41.1 Å². The number of carbonyl (C=O) groups excluding carboxylic acids is 1. The molecule has 3 N–H and O–H groups in total. The summed E-state index contributed by atoms with van der Waals surface area (Å²) in [4.78, 5) is 12.0. The summed E-state index contributed by atoms with van der Waals surface area (Å²) in [7, 11) is 1.28. The third-order valence-electron chi connectivity index (χ3n) is 2.09. The Kier molecular flexibility index (Phi) is 4.88. The van der Waals surface area contributed by atoms with Crippen molar-refractivity contribution in [2.45, 2.75) is 18.6 Å². The smallest absolute Gasteiger partial charge is 0.348 e. The predicted molar refractivity (Wildman–Crippen MR) is 58.3 cm³/mol. The van der Waals surface area contributed by atoms with E-state index < -0.39 is 18.2 Å². The first-order valence-electron chi connectivity index (χ1n) is 4.75. The lowest BCUT2D eigenvalue weighted by Crippen LogP contribution is -2.18. The fourth-order valence-electron chi connectivity index (χ4n) is 1.20. The topological polar surface area (TPSA) is 87.0 Å². The molecule has 0 aliphatic carbocycles. The fraction of sp³-hybridized carbons (Fsp3) is 0.500. The molecule has 0 saturated heterocycles. The molecular weight excluding hydrogens is 232 g/mol. The van der Waals surface area contributed by atoms with E-state index >= 15 is 0 Å².